The highest BCUT2D eigenvalue weighted by molar-refractivity contribution is 6.31. The minimum atomic E-state index is -0.970. The van der Waals surface area contributed by atoms with E-state index in [2.05, 4.69) is 5.32 Å². The van der Waals surface area contributed by atoms with Gasteiger partial charge in [-0.1, -0.05) is 54.1 Å². The number of carboxylic acid groups (broad SMARTS) is 1. The molecule has 0 amide bonds. The zero-order valence-corrected chi connectivity index (χ0v) is 18.1. The molecule has 0 aliphatic carbocycles. The normalized spacial score (nSPS) is 10.8. The number of anilines is 1. The van der Waals surface area contributed by atoms with Crippen LogP contribution in [0, 0.1) is 12.7 Å². The number of carboxylic acids is 1. The fraction of sp³-hybridized carbons (Fsp3) is 0.115. The zero-order chi connectivity index (χ0) is 22.7. The average molecular weight is 450 g/mol. The molecule has 0 aliphatic rings. The summed E-state index contributed by atoms with van der Waals surface area (Å²) in [4.78, 5) is 11.5. The van der Waals surface area contributed by atoms with Crippen LogP contribution in [0.25, 0.3) is 10.8 Å². The van der Waals surface area contributed by atoms with Gasteiger partial charge in [-0.25, -0.2) is 9.18 Å². The van der Waals surface area contributed by atoms with Crippen LogP contribution in [0.15, 0.2) is 72.8 Å². The van der Waals surface area contributed by atoms with Gasteiger partial charge in [0.25, 0.3) is 0 Å². The molecule has 32 heavy (non-hydrogen) atoms. The maximum absolute atomic E-state index is 14.2. The molecular formula is C26H21ClFNO3. The number of halogens is 2. The van der Waals surface area contributed by atoms with Crippen LogP contribution >= 0.6 is 11.6 Å². The highest BCUT2D eigenvalue weighted by Crippen LogP contribution is 2.31. The Morgan fingerprint density at radius 3 is 2.56 bits per heavy atom. The summed E-state index contributed by atoms with van der Waals surface area (Å²) < 4.78 is 20.2. The molecule has 0 atom stereocenters. The molecular weight excluding hydrogens is 429 g/mol. The number of aromatic carboxylic acids is 1. The second-order valence-corrected chi connectivity index (χ2v) is 7.80. The molecule has 0 unspecified atom stereocenters. The second kappa shape index (κ2) is 9.28. The van der Waals surface area contributed by atoms with Gasteiger partial charge in [-0.05, 0) is 53.6 Å². The molecule has 162 valence electrons. The number of hydrogen-bond acceptors (Lipinski definition) is 3. The maximum Gasteiger partial charge on any atom is 0.336 e. The zero-order valence-electron chi connectivity index (χ0n) is 17.4. The summed E-state index contributed by atoms with van der Waals surface area (Å²) in [5.41, 5.74) is 2.81. The predicted molar refractivity (Wildman–Crippen MR) is 125 cm³/mol. The molecule has 4 rings (SSSR count). The van der Waals surface area contributed by atoms with E-state index in [4.69, 9.17) is 16.3 Å². The Morgan fingerprint density at radius 2 is 1.78 bits per heavy atom. The number of carbonyl (C=O) groups is 1. The predicted octanol–water partition coefficient (Wildman–Crippen LogP) is 6.83. The number of hydrogen-bond donors (Lipinski definition) is 2. The Kier molecular flexibility index (Phi) is 6.28. The minimum Gasteiger partial charge on any atom is -0.488 e. The largest absolute Gasteiger partial charge is 0.488 e. The summed E-state index contributed by atoms with van der Waals surface area (Å²) in [6.45, 7) is 2.16. The van der Waals surface area contributed by atoms with E-state index in [9.17, 15) is 14.3 Å². The van der Waals surface area contributed by atoms with Gasteiger partial charge in [-0.2, -0.15) is 0 Å². The first kappa shape index (κ1) is 21.7. The van der Waals surface area contributed by atoms with E-state index in [0.717, 1.165) is 22.0 Å². The highest BCUT2D eigenvalue weighted by Gasteiger charge is 2.14. The first-order valence-electron chi connectivity index (χ1n) is 10.1. The van der Waals surface area contributed by atoms with E-state index in [1.54, 1.807) is 31.2 Å². The van der Waals surface area contributed by atoms with E-state index in [1.165, 1.54) is 6.07 Å². The van der Waals surface area contributed by atoms with Gasteiger partial charge in [0.1, 0.15) is 18.2 Å². The van der Waals surface area contributed by atoms with Crippen molar-refractivity contribution >= 4 is 34.0 Å². The number of ether oxygens (including phenoxy) is 1. The lowest BCUT2D eigenvalue weighted by atomic mass is 10.0. The Hall–Kier alpha value is -3.57. The monoisotopic (exact) mass is 449 g/mol. The van der Waals surface area contributed by atoms with Crippen molar-refractivity contribution in [2.24, 2.45) is 0 Å². The Labute approximate surface area is 190 Å². The summed E-state index contributed by atoms with van der Waals surface area (Å²) in [5, 5.41) is 15.1. The van der Waals surface area contributed by atoms with Crippen LogP contribution in [0.5, 0.6) is 5.75 Å². The highest BCUT2D eigenvalue weighted by atomic mass is 35.5. The molecule has 4 aromatic carbocycles. The molecule has 4 aromatic rings. The SMILES string of the molecule is Cc1c(NCc2c(OCc3c(F)cccc3Cl)ccc3ccccc23)cccc1C(=O)O. The van der Waals surface area contributed by atoms with Gasteiger partial charge >= 0.3 is 5.97 Å². The summed E-state index contributed by atoms with van der Waals surface area (Å²) in [6.07, 6.45) is 0. The van der Waals surface area contributed by atoms with Crippen molar-refractivity contribution in [2.45, 2.75) is 20.1 Å². The van der Waals surface area contributed by atoms with E-state index < -0.39 is 11.8 Å². The smallest absolute Gasteiger partial charge is 0.336 e. The topological polar surface area (TPSA) is 58.6 Å². The van der Waals surface area contributed by atoms with Crippen molar-refractivity contribution < 1.29 is 19.0 Å². The van der Waals surface area contributed by atoms with E-state index >= 15 is 0 Å². The van der Waals surface area contributed by atoms with Gasteiger partial charge in [0, 0.05) is 23.4 Å². The quantitative estimate of drug-likeness (QED) is 0.324. The van der Waals surface area contributed by atoms with E-state index in [1.807, 2.05) is 42.5 Å². The molecule has 4 nitrogen and oxygen atoms in total. The van der Waals surface area contributed by atoms with Crippen molar-refractivity contribution in [3.63, 3.8) is 0 Å². The lowest BCUT2D eigenvalue weighted by molar-refractivity contribution is 0.0696. The number of benzene rings is 4. The molecule has 6 heteroatoms. The maximum atomic E-state index is 14.2. The third kappa shape index (κ3) is 4.39. The minimum absolute atomic E-state index is 0.00955. The Bertz CT molecular complexity index is 1290. The van der Waals surface area contributed by atoms with Crippen molar-refractivity contribution in [3.8, 4) is 5.75 Å². The van der Waals surface area contributed by atoms with Crippen LogP contribution in [0.4, 0.5) is 10.1 Å². The average Bonchev–Trinajstić information content (AvgIpc) is 2.78. The van der Waals surface area contributed by atoms with Crippen LogP contribution in [0.3, 0.4) is 0 Å². The summed E-state index contributed by atoms with van der Waals surface area (Å²) in [5.74, 6) is -0.788. The third-order valence-corrected chi connectivity index (χ3v) is 5.81. The molecule has 0 fully saturated rings. The molecule has 0 aliphatic heterocycles. The van der Waals surface area contributed by atoms with Crippen molar-refractivity contribution in [2.75, 3.05) is 5.32 Å². The Balaban J connectivity index is 1.67. The van der Waals surface area contributed by atoms with E-state index in [-0.39, 0.29) is 12.2 Å². The third-order valence-electron chi connectivity index (χ3n) is 5.45. The lowest BCUT2D eigenvalue weighted by Crippen LogP contribution is -2.08. The molecule has 0 radical (unpaired) electrons. The van der Waals surface area contributed by atoms with Gasteiger partial charge in [0.15, 0.2) is 0 Å². The number of rotatable bonds is 7. The fourth-order valence-electron chi connectivity index (χ4n) is 3.70. The first-order valence-corrected chi connectivity index (χ1v) is 10.5. The standard InChI is InChI=1S/C26H21ClFNO3/c1-16-18(26(30)31)8-4-11-24(16)29-14-20-19-7-3-2-6-17(19)12-13-25(20)32-15-21-22(27)9-5-10-23(21)28/h2-13,29H,14-15H2,1H3,(H,30,31). The number of nitrogens with one attached hydrogen (secondary N) is 1. The van der Waals surface area contributed by atoms with Gasteiger partial charge in [-0.15, -0.1) is 0 Å². The lowest BCUT2D eigenvalue weighted by Gasteiger charge is -2.17. The summed E-state index contributed by atoms with van der Waals surface area (Å²) in [7, 11) is 0. The molecule has 0 saturated heterocycles. The first-order chi connectivity index (χ1) is 15.5. The van der Waals surface area contributed by atoms with E-state index in [0.29, 0.717) is 28.4 Å². The number of fused-ring (bicyclic) bond motifs is 1. The van der Waals surface area contributed by atoms with Crippen molar-refractivity contribution in [1.82, 2.24) is 0 Å². The van der Waals surface area contributed by atoms with Crippen LogP contribution in [-0.4, -0.2) is 11.1 Å². The molecule has 0 aromatic heterocycles. The van der Waals surface area contributed by atoms with Gasteiger partial charge in [0.2, 0.25) is 0 Å². The molecule has 0 bridgehead atoms. The Morgan fingerprint density at radius 1 is 1.00 bits per heavy atom. The fourth-order valence-corrected chi connectivity index (χ4v) is 3.91. The van der Waals surface area contributed by atoms with Gasteiger partial charge in [0.05, 0.1) is 10.6 Å². The molecule has 0 spiro atoms. The van der Waals surface area contributed by atoms with Gasteiger partial charge in [-0.3, -0.25) is 0 Å². The second-order valence-electron chi connectivity index (χ2n) is 7.39. The van der Waals surface area contributed by atoms with Crippen LogP contribution in [-0.2, 0) is 13.2 Å². The molecule has 0 heterocycles. The van der Waals surface area contributed by atoms with Crippen molar-refractivity contribution in [1.29, 1.82) is 0 Å². The molecule has 2 N–H and O–H groups in total. The van der Waals surface area contributed by atoms with Gasteiger partial charge < -0.3 is 15.2 Å². The molecule has 0 saturated carbocycles. The van der Waals surface area contributed by atoms with Crippen molar-refractivity contribution in [3.05, 3.63) is 106 Å². The van der Waals surface area contributed by atoms with Crippen LogP contribution < -0.4 is 10.1 Å². The summed E-state index contributed by atoms with van der Waals surface area (Å²) >= 11 is 6.15. The van der Waals surface area contributed by atoms with Crippen LogP contribution in [0.2, 0.25) is 5.02 Å². The van der Waals surface area contributed by atoms with Crippen LogP contribution in [0.1, 0.15) is 27.0 Å². The summed E-state index contributed by atoms with van der Waals surface area (Å²) in [6, 6.07) is 21.4.